The first-order chi connectivity index (χ1) is 15.3. The number of hydrogen-bond acceptors (Lipinski definition) is 5. The maximum Gasteiger partial charge on any atom is 0.335 e. The number of anilines is 1. The minimum Gasteiger partial charge on any atom is -0.490 e. The van der Waals surface area contributed by atoms with Crippen LogP contribution in [0.5, 0.6) is 11.5 Å². The van der Waals surface area contributed by atoms with E-state index in [1.165, 1.54) is 6.08 Å². The first-order valence-corrected chi connectivity index (χ1v) is 10.7. The van der Waals surface area contributed by atoms with E-state index >= 15 is 0 Å². The number of hydrogen-bond donors (Lipinski definition) is 1. The van der Waals surface area contributed by atoms with Gasteiger partial charge in [-0.05, 0) is 74.2 Å². The second-order valence-corrected chi connectivity index (χ2v) is 7.75. The van der Waals surface area contributed by atoms with Crippen molar-refractivity contribution in [3.8, 4) is 11.5 Å². The minimum absolute atomic E-state index is 0.191. The van der Waals surface area contributed by atoms with Crippen molar-refractivity contribution >= 4 is 41.2 Å². The van der Waals surface area contributed by atoms with Crippen molar-refractivity contribution in [2.75, 3.05) is 18.1 Å². The minimum atomic E-state index is -0.795. The van der Waals surface area contributed by atoms with Gasteiger partial charge in [0.1, 0.15) is 5.57 Å². The van der Waals surface area contributed by atoms with E-state index < -0.39 is 17.8 Å². The van der Waals surface area contributed by atoms with Crippen molar-refractivity contribution < 1.29 is 23.9 Å². The number of amides is 4. The summed E-state index contributed by atoms with van der Waals surface area (Å²) in [7, 11) is 0. The molecule has 32 heavy (non-hydrogen) atoms. The number of barbiturate groups is 1. The largest absolute Gasteiger partial charge is 0.490 e. The van der Waals surface area contributed by atoms with Gasteiger partial charge in [-0.1, -0.05) is 24.6 Å². The van der Waals surface area contributed by atoms with Crippen LogP contribution in [-0.4, -0.2) is 31.1 Å². The summed E-state index contributed by atoms with van der Waals surface area (Å²) < 4.78 is 11.3. The zero-order valence-electron chi connectivity index (χ0n) is 18.5. The van der Waals surface area contributed by atoms with Gasteiger partial charge in [-0.15, -0.1) is 0 Å². The number of halogens is 1. The molecule has 0 unspecified atom stereocenters. The lowest BCUT2D eigenvalue weighted by Crippen LogP contribution is -2.54. The Morgan fingerprint density at radius 3 is 2.44 bits per heavy atom. The standard InChI is InChI=1S/C24H25ClN2O5/c1-5-9-32-21-19(25)12-16(13-20(21)31-6-2)11-18-22(28)26-24(30)27(23(18)29)17-8-7-14(3)15(4)10-17/h7-8,10-13H,5-6,9H2,1-4H3,(H,26,28,30)/b18-11+. The fourth-order valence-electron chi connectivity index (χ4n) is 3.20. The summed E-state index contributed by atoms with van der Waals surface area (Å²) in [5.74, 6) is -0.683. The van der Waals surface area contributed by atoms with E-state index in [1.54, 1.807) is 24.3 Å². The number of aryl methyl sites for hydroxylation is 2. The molecule has 4 amide bonds. The Morgan fingerprint density at radius 2 is 1.78 bits per heavy atom. The second-order valence-electron chi connectivity index (χ2n) is 7.34. The maximum absolute atomic E-state index is 13.1. The number of imide groups is 2. The monoisotopic (exact) mass is 456 g/mol. The van der Waals surface area contributed by atoms with Crippen LogP contribution in [0, 0.1) is 13.8 Å². The average molecular weight is 457 g/mol. The third-order valence-corrected chi connectivity index (χ3v) is 5.22. The van der Waals surface area contributed by atoms with E-state index in [0.717, 1.165) is 22.4 Å². The molecule has 0 aliphatic carbocycles. The average Bonchev–Trinajstić information content (AvgIpc) is 2.73. The quantitative estimate of drug-likeness (QED) is 0.477. The number of carbonyl (C=O) groups is 3. The molecular weight excluding hydrogens is 432 g/mol. The predicted molar refractivity (Wildman–Crippen MR) is 123 cm³/mol. The van der Waals surface area contributed by atoms with E-state index in [2.05, 4.69) is 5.32 Å². The fourth-order valence-corrected chi connectivity index (χ4v) is 3.48. The molecule has 0 atom stereocenters. The normalized spacial score (nSPS) is 15.2. The molecule has 1 heterocycles. The Bertz CT molecular complexity index is 1110. The highest BCUT2D eigenvalue weighted by molar-refractivity contribution is 6.39. The van der Waals surface area contributed by atoms with Crippen LogP contribution >= 0.6 is 11.6 Å². The van der Waals surface area contributed by atoms with Crippen molar-refractivity contribution in [3.05, 3.63) is 57.6 Å². The summed E-state index contributed by atoms with van der Waals surface area (Å²) in [4.78, 5) is 39.0. The molecule has 0 radical (unpaired) electrons. The van der Waals surface area contributed by atoms with Gasteiger partial charge in [0.2, 0.25) is 0 Å². The Balaban J connectivity index is 2.02. The summed E-state index contributed by atoms with van der Waals surface area (Å²) >= 11 is 6.39. The van der Waals surface area contributed by atoms with Crippen LogP contribution in [0.3, 0.4) is 0 Å². The zero-order chi connectivity index (χ0) is 23.4. The number of benzene rings is 2. The molecule has 1 saturated heterocycles. The predicted octanol–water partition coefficient (Wildman–Crippen LogP) is 4.81. The molecule has 7 nitrogen and oxygen atoms in total. The van der Waals surface area contributed by atoms with Crippen molar-refractivity contribution in [2.24, 2.45) is 0 Å². The fraction of sp³-hybridized carbons (Fsp3) is 0.292. The number of carbonyl (C=O) groups excluding carboxylic acids is 3. The lowest BCUT2D eigenvalue weighted by molar-refractivity contribution is -0.122. The lowest BCUT2D eigenvalue weighted by Gasteiger charge is -2.27. The Kier molecular flexibility index (Phi) is 7.20. The first-order valence-electron chi connectivity index (χ1n) is 10.3. The number of urea groups is 1. The second kappa shape index (κ2) is 9.87. The van der Waals surface area contributed by atoms with Crippen molar-refractivity contribution in [2.45, 2.75) is 34.1 Å². The van der Waals surface area contributed by atoms with Gasteiger partial charge in [0.25, 0.3) is 11.8 Å². The van der Waals surface area contributed by atoms with Gasteiger partial charge < -0.3 is 9.47 Å². The molecule has 1 aliphatic rings. The van der Waals surface area contributed by atoms with Gasteiger partial charge in [0.15, 0.2) is 11.5 Å². The molecule has 1 aliphatic heterocycles. The Morgan fingerprint density at radius 1 is 1.03 bits per heavy atom. The molecule has 0 spiro atoms. The number of nitrogens with zero attached hydrogens (tertiary/aromatic N) is 1. The molecule has 0 saturated carbocycles. The SMILES string of the molecule is CCCOc1c(Cl)cc(/C=C2\C(=O)NC(=O)N(c3ccc(C)c(C)c3)C2=O)cc1OCC. The third-order valence-electron chi connectivity index (χ3n) is 4.94. The van der Waals surface area contributed by atoms with Gasteiger partial charge in [-0.25, -0.2) is 9.69 Å². The molecule has 2 aromatic carbocycles. The Hall–Kier alpha value is -3.32. The smallest absolute Gasteiger partial charge is 0.335 e. The van der Waals surface area contributed by atoms with E-state index in [0.29, 0.717) is 41.0 Å². The van der Waals surface area contributed by atoms with Crippen LogP contribution < -0.4 is 19.7 Å². The Labute approximate surface area is 191 Å². The van der Waals surface area contributed by atoms with Crippen LogP contribution in [0.25, 0.3) is 6.08 Å². The van der Waals surface area contributed by atoms with Crippen molar-refractivity contribution in [3.63, 3.8) is 0 Å². The topological polar surface area (TPSA) is 84.9 Å². The number of ether oxygens (including phenoxy) is 2. The van der Waals surface area contributed by atoms with E-state index in [9.17, 15) is 14.4 Å². The summed E-state index contributed by atoms with van der Waals surface area (Å²) in [6.45, 7) is 8.46. The van der Waals surface area contributed by atoms with Gasteiger partial charge in [-0.2, -0.15) is 0 Å². The summed E-state index contributed by atoms with van der Waals surface area (Å²) in [5, 5.41) is 2.52. The molecule has 3 rings (SSSR count). The highest BCUT2D eigenvalue weighted by atomic mass is 35.5. The zero-order valence-corrected chi connectivity index (χ0v) is 19.2. The molecule has 0 aromatic heterocycles. The van der Waals surface area contributed by atoms with Gasteiger partial charge >= 0.3 is 6.03 Å². The third kappa shape index (κ3) is 4.78. The van der Waals surface area contributed by atoms with Crippen LogP contribution in [0.15, 0.2) is 35.9 Å². The van der Waals surface area contributed by atoms with Crippen LogP contribution in [0.1, 0.15) is 37.0 Å². The molecule has 8 heteroatoms. The summed E-state index contributed by atoms with van der Waals surface area (Å²) in [6, 6.07) is 7.64. The summed E-state index contributed by atoms with van der Waals surface area (Å²) in [6.07, 6.45) is 2.18. The van der Waals surface area contributed by atoms with E-state index in [1.807, 2.05) is 33.8 Å². The van der Waals surface area contributed by atoms with Crippen molar-refractivity contribution in [1.29, 1.82) is 0 Å². The van der Waals surface area contributed by atoms with Crippen molar-refractivity contribution in [1.82, 2.24) is 5.32 Å². The van der Waals surface area contributed by atoms with E-state index in [-0.39, 0.29) is 5.57 Å². The number of nitrogens with one attached hydrogen (secondary N) is 1. The van der Waals surface area contributed by atoms with Crippen LogP contribution in [0.4, 0.5) is 10.5 Å². The molecule has 168 valence electrons. The van der Waals surface area contributed by atoms with Gasteiger partial charge in [0, 0.05) is 0 Å². The lowest BCUT2D eigenvalue weighted by atomic mass is 10.0. The number of rotatable bonds is 7. The highest BCUT2D eigenvalue weighted by Crippen LogP contribution is 2.37. The maximum atomic E-state index is 13.1. The van der Waals surface area contributed by atoms with Gasteiger partial charge in [-0.3, -0.25) is 14.9 Å². The van der Waals surface area contributed by atoms with Crippen LogP contribution in [0.2, 0.25) is 5.02 Å². The van der Waals surface area contributed by atoms with Crippen LogP contribution in [-0.2, 0) is 9.59 Å². The van der Waals surface area contributed by atoms with Gasteiger partial charge in [0.05, 0.1) is 23.9 Å². The first kappa shape index (κ1) is 23.3. The molecular formula is C24H25ClN2O5. The summed E-state index contributed by atoms with van der Waals surface area (Å²) in [5.41, 5.74) is 2.60. The molecule has 1 N–H and O–H groups in total. The molecule has 2 aromatic rings. The highest BCUT2D eigenvalue weighted by Gasteiger charge is 2.37. The van der Waals surface area contributed by atoms with E-state index in [4.69, 9.17) is 21.1 Å². The molecule has 0 bridgehead atoms. The molecule has 1 fully saturated rings.